The van der Waals surface area contributed by atoms with Crippen molar-refractivity contribution in [2.45, 2.75) is 0 Å². The van der Waals surface area contributed by atoms with Gasteiger partial charge in [-0.2, -0.15) is 0 Å². The Bertz CT molecular complexity index is 3250. The van der Waals surface area contributed by atoms with Crippen LogP contribution in [0.25, 0.3) is 77.0 Å². The van der Waals surface area contributed by atoms with Crippen molar-refractivity contribution in [3.8, 4) is 44.6 Å². The Kier molecular flexibility index (Phi) is 9.70. The van der Waals surface area contributed by atoms with E-state index in [1.165, 1.54) is 27.1 Å². The minimum absolute atomic E-state index is 0.119. The number of benzene rings is 9. The van der Waals surface area contributed by atoms with Gasteiger partial charge in [0, 0.05) is 34.5 Å². The molecule has 0 unspecified atom stereocenters. The number of nitrogens with zero attached hydrogens (tertiary/aromatic N) is 3. The van der Waals surface area contributed by atoms with Crippen LogP contribution in [0.5, 0.6) is 0 Å². The average molecular weight is 767 g/mol. The average Bonchev–Trinajstić information content (AvgIpc) is 3.33. The number of rotatable bonds is 7. The second kappa shape index (κ2) is 16.0. The van der Waals surface area contributed by atoms with Gasteiger partial charge in [0.1, 0.15) is 0 Å². The van der Waals surface area contributed by atoms with Crippen molar-refractivity contribution in [2.24, 2.45) is 9.98 Å². The van der Waals surface area contributed by atoms with Gasteiger partial charge < -0.3 is 0 Å². The summed E-state index contributed by atoms with van der Waals surface area (Å²) >= 11 is 0. The summed E-state index contributed by atoms with van der Waals surface area (Å²) in [5.74, 6) is 0.584. The van der Waals surface area contributed by atoms with Crippen LogP contribution in [0.1, 0.15) is 16.7 Å². The standard InChI is InChI=1S/C56H38N4/c57-55(60-56(42-17-5-2-6-18-42)59-37-38-14-3-1-4-15-38)48-34-46(33-47(35-48)43-20-13-21-45(32-43)54-50-23-10-7-16-40(50)30-31-58-54)39-26-28-41(29-27-39)53-36-44-19-8-9-22-49(44)51-24-11-12-25-52(51)53/h1-37,57H. The summed E-state index contributed by atoms with van der Waals surface area (Å²) in [5, 5.41) is 16.7. The third kappa shape index (κ3) is 7.30. The number of aliphatic imine (C=N–C) groups is 2. The summed E-state index contributed by atoms with van der Waals surface area (Å²) in [6.45, 7) is 0. The molecule has 0 radical (unpaired) electrons. The lowest BCUT2D eigenvalue weighted by atomic mass is 9.91. The summed E-state index contributed by atoms with van der Waals surface area (Å²) in [7, 11) is 0. The molecule has 60 heavy (non-hydrogen) atoms. The van der Waals surface area contributed by atoms with Crippen LogP contribution in [0.15, 0.2) is 229 Å². The van der Waals surface area contributed by atoms with Crippen LogP contribution in [-0.2, 0) is 0 Å². The van der Waals surface area contributed by atoms with Crippen LogP contribution < -0.4 is 0 Å². The van der Waals surface area contributed by atoms with Crippen LogP contribution in [-0.4, -0.2) is 22.9 Å². The molecule has 282 valence electrons. The first kappa shape index (κ1) is 36.3. The van der Waals surface area contributed by atoms with Crippen LogP contribution in [0.2, 0.25) is 0 Å². The molecule has 0 aliphatic carbocycles. The predicted octanol–water partition coefficient (Wildman–Crippen LogP) is 14.1. The van der Waals surface area contributed by atoms with Gasteiger partial charge in [0.05, 0.1) is 5.69 Å². The van der Waals surface area contributed by atoms with Gasteiger partial charge in [-0.05, 0) is 102 Å². The highest BCUT2D eigenvalue weighted by atomic mass is 14.9. The minimum Gasteiger partial charge on any atom is -0.282 e. The zero-order valence-electron chi connectivity index (χ0n) is 32.7. The molecule has 0 saturated heterocycles. The number of pyridine rings is 1. The summed E-state index contributed by atoms with van der Waals surface area (Å²) in [6, 6.07) is 73.4. The van der Waals surface area contributed by atoms with Crippen molar-refractivity contribution >= 4 is 50.2 Å². The van der Waals surface area contributed by atoms with E-state index in [9.17, 15) is 5.41 Å². The van der Waals surface area contributed by atoms with Gasteiger partial charge in [0.2, 0.25) is 0 Å². The van der Waals surface area contributed by atoms with E-state index in [0.29, 0.717) is 11.4 Å². The zero-order chi connectivity index (χ0) is 40.3. The largest absolute Gasteiger partial charge is 0.282 e. The van der Waals surface area contributed by atoms with Gasteiger partial charge in [-0.25, -0.2) is 9.98 Å². The highest BCUT2D eigenvalue weighted by Crippen LogP contribution is 2.37. The lowest BCUT2D eigenvalue weighted by molar-refractivity contribution is 1.36. The third-order valence-corrected chi connectivity index (χ3v) is 11.0. The second-order valence-corrected chi connectivity index (χ2v) is 14.8. The van der Waals surface area contributed by atoms with Gasteiger partial charge in [-0.3, -0.25) is 10.4 Å². The van der Waals surface area contributed by atoms with Crippen molar-refractivity contribution in [1.29, 1.82) is 5.41 Å². The number of fused-ring (bicyclic) bond motifs is 4. The maximum Gasteiger partial charge on any atom is 0.161 e. The Hall–Kier alpha value is -8.08. The lowest BCUT2D eigenvalue weighted by Crippen LogP contribution is -2.05. The Morgan fingerprint density at radius 1 is 0.417 bits per heavy atom. The number of amidine groups is 2. The van der Waals surface area contributed by atoms with E-state index in [4.69, 9.17) is 15.0 Å². The molecule has 0 spiro atoms. The number of hydrogen-bond acceptors (Lipinski definition) is 2. The van der Waals surface area contributed by atoms with E-state index < -0.39 is 0 Å². The first-order valence-electron chi connectivity index (χ1n) is 20.1. The Balaban J connectivity index is 1.09. The predicted molar refractivity (Wildman–Crippen MR) is 252 cm³/mol. The van der Waals surface area contributed by atoms with Crippen molar-refractivity contribution in [3.05, 3.63) is 235 Å². The molecular formula is C56H38N4. The molecule has 0 aliphatic heterocycles. The highest BCUT2D eigenvalue weighted by Gasteiger charge is 2.14. The molecule has 4 heteroatoms. The molecule has 0 aliphatic rings. The van der Waals surface area contributed by atoms with E-state index in [1.54, 1.807) is 6.21 Å². The van der Waals surface area contributed by atoms with Crippen LogP contribution in [0.3, 0.4) is 0 Å². The molecule has 0 atom stereocenters. The molecule has 4 nitrogen and oxygen atoms in total. The fraction of sp³-hybridized carbons (Fsp3) is 0. The second-order valence-electron chi connectivity index (χ2n) is 14.8. The molecule has 0 bridgehead atoms. The summed E-state index contributed by atoms with van der Waals surface area (Å²) < 4.78 is 0. The minimum atomic E-state index is 0.119. The smallest absolute Gasteiger partial charge is 0.161 e. The first-order valence-corrected chi connectivity index (χ1v) is 20.1. The van der Waals surface area contributed by atoms with E-state index in [-0.39, 0.29) is 5.84 Å². The Labute approximate surface area is 349 Å². The van der Waals surface area contributed by atoms with E-state index >= 15 is 0 Å². The monoisotopic (exact) mass is 766 g/mol. The Morgan fingerprint density at radius 2 is 1.02 bits per heavy atom. The van der Waals surface area contributed by atoms with Gasteiger partial charge in [0.25, 0.3) is 0 Å². The van der Waals surface area contributed by atoms with Crippen LogP contribution >= 0.6 is 0 Å². The van der Waals surface area contributed by atoms with Crippen molar-refractivity contribution in [3.63, 3.8) is 0 Å². The molecule has 1 aromatic heterocycles. The molecule has 1 N–H and O–H groups in total. The van der Waals surface area contributed by atoms with Crippen LogP contribution in [0.4, 0.5) is 0 Å². The molecule has 10 rings (SSSR count). The molecule has 9 aromatic carbocycles. The van der Waals surface area contributed by atoms with Crippen LogP contribution in [0, 0.1) is 5.41 Å². The summed E-state index contributed by atoms with van der Waals surface area (Å²) in [6.07, 6.45) is 3.67. The highest BCUT2D eigenvalue weighted by molar-refractivity contribution is 6.15. The Morgan fingerprint density at radius 3 is 1.80 bits per heavy atom. The molecule has 10 aromatic rings. The zero-order valence-corrected chi connectivity index (χ0v) is 32.7. The molecule has 0 amide bonds. The molecule has 1 heterocycles. The van der Waals surface area contributed by atoms with E-state index in [2.05, 4.69) is 146 Å². The maximum atomic E-state index is 9.50. The van der Waals surface area contributed by atoms with E-state index in [1.807, 2.05) is 72.9 Å². The molecule has 0 fully saturated rings. The normalized spacial score (nSPS) is 11.8. The van der Waals surface area contributed by atoms with Crippen molar-refractivity contribution < 1.29 is 0 Å². The SMILES string of the molecule is N=C(N=C(N=Cc1ccccc1)c1ccccc1)c1cc(-c2ccc(-c3cc4ccccc4c4ccccc34)cc2)cc(-c2cccc(-c3nccc4ccccc34)c2)c1. The first-order chi connectivity index (χ1) is 29.6. The number of aromatic nitrogens is 1. The van der Waals surface area contributed by atoms with E-state index in [0.717, 1.165) is 61.0 Å². The van der Waals surface area contributed by atoms with Gasteiger partial charge in [-0.1, -0.05) is 176 Å². The fourth-order valence-corrected chi connectivity index (χ4v) is 8.03. The van der Waals surface area contributed by atoms with Gasteiger partial charge in [0.15, 0.2) is 11.7 Å². The lowest BCUT2D eigenvalue weighted by Gasteiger charge is -2.14. The molecular weight excluding hydrogens is 729 g/mol. The summed E-state index contributed by atoms with van der Waals surface area (Å²) in [5.41, 5.74) is 10.8. The third-order valence-electron chi connectivity index (χ3n) is 11.0. The topological polar surface area (TPSA) is 61.5 Å². The van der Waals surface area contributed by atoms with Crippen molar-refractivity contribution in [1.82, 2.24) is 4.98 Å². The van der Waals surface area contributed by atoms with Crippen molar-refractivity contribution in [2.75, 3.05) is 0 Å². The summed E-state index contributed by atoms with van der Waals surface area (Å²) in [4.78, 5) is 14.5. The number of hydrogen-bond donors (Lipinski definition) is 1. The van der Waals surface area contributed by atoms with Gasteiger partial charge in [-0.15, -0.1) is 0 Å². The number of nitrogens with one attached hydrogen (secondary N) is 1. The van der Waals surface area contributed by atoms with Gasteiger partial charge >= 0.3 is 0 Å². The maximum absolute atomic E-state index is 9.50. The fourth-order valence-electron chi connectivity index (χ4n) is 8.03. The molecule has 0 saturated carbocycles. The quantitative estimate of drug-likeness (QED) is 0.0980.